The first kappa shape index (κ1) is 15.5. The molecule has 4 bridgehead atoms. The van der Waals surface area contributed by atoms with Crippen LogP contribution in [0.4, 0.5) is 0 Å². The molecule has 122 valence electrons. The Morgan fingerprint density at radius 3 is 2.23 bits per heavy atom. The molecule has 6 heteroatoms. The van der Waals surface area contributed by atoms with Crippen molar-refractivity contribution in [3.63, 3.8) is 0 Å². The third-order valence-electron chi connectivity index (χ3n) is 5.12. The second-order valence-corrected chi connectivity index (χ2v) is 7.39. The molecule has 2 N–H and O–H groups in total. The van der Waals surface area contributed by atoms with Crippen LogP contribution in [0.1, 0.15) is 44.9 Å². The van der Waals surface area contributed by atoms with Gasteiger partial charge in [-0.1, -0.05) is 6.58 Å². The molecular formula is C16H22O6. The normalized spacial score (nSPS) is 42.0. The van der Waals surface area contributed by atoms with Crippen LogP contribution in [0.5, 0.6) is 0 Å². The monoisotopic (exact) mass is 310 g/mol. The molecule has 0 amide bonds. The zero-order chi connectivity index (χ0) is 16.2. The van der Waals surface area contributed by atoms with Crippen molar-refractivity contribution in [3.05, 3.63) is 12.2 Å². The minimum absolute atomic E-state index is 0.0367. The molecular weight excluding hydrogens is 288 g/mol. The zero-order valence-electron chi connectivity index (χ0n) is 12.8. The molecule has 0 spiro atoms. The number of rotatable bonds is 4. The Labute approximate surface area is 129 Å². The summed E-state index contributed by atoms with van der Waals surface area (Å²) in [6.45, 7) is 3.51. The number of methoxy groups -OCH3 is 1. The predicted molar refractivity (Wildman–Crippen MR) is 75.7 cm³/mol. The number of hydrogen-bond acceptors (Lipinski definition) is 6. The van der Waals surface area contributed by atoms with E-state index < -0.39 is 28.7 Å². The Hall–Kier alpha value is -1.40. The summed E-state index contributed by atoms with van der Waals surface area (Å²) in [5.74, 6) is -1.04. The maximum Gasteiger partial charge on any atom is 0.333 e. The highest BCUT2D eigenvalue weighted by atomic mass is 16.6. The van der Waals surface area contributed by atoms with Crippen molar-refractivity contribution in [1.82, 2.24) is 0 Å². The van der Waals surface area contributed by atoms with E-state index in [1.165, 1.54) is 7.11 Å². The van der Waals surface area contributed by atoms with Crippen molar-refractivity contribution in [2.45, 2.75) is 61.7 Å². The van der Waals surface area contributed by atoms with Gasteiger partial charge < -0.3 is 19.7 Å². The Balaban J connectivity index is 1.71. The summed E-state index contributed by atoms with van der Waals surface area (Å²) < 4.78 is 10.1. The maximum atomic E-state index is 12.1. The highest BCUT2D eigenvalue weighted by Gasteiger charge is 2.64. The summed E-state index contributed by atoms with van der Waals surface area (Å²) >= 11 is 0. The van der Waals surface area contributed by atoms with Crippen molar-refractivity contribution in [1.29, 1.82) is 0 Å². The van der Waals surface area contributed by atoms with Gasteiger partial charge in [0.15, 0.2) is 0 Å². The van der Waals surface area contributed by atoms with E-state index in [0.29, 0.717) is 38.5 Å². The Morgan fingerprint density at radius 1 is 1.14 bits per heavy atom. The van der Waals surface area contributed by atoms with E-state index in [-0.39, 0.29) is 17.9 Å². The lowest BCUT2D eigenvalue weighted by Crippen LogP contribution is -2.66. The van der Waals surface area contributed by atoms with Crippen molar-refractivity contribution in [3.8, 4) is 0 Å². The van der Waals surface area contributed by atoms with Gasteiger partial charge in [0, 0.05) is 24.8 Å². The van der Waals surface area contributed by atoms with Gasteiger partial charge in [-0.2, -0.15) is 0 Å². The van der Waals surface area contributed by atoms with Gasteiger partial charge in [-0.05, 0) is 25.2 Å². The van der Waals surface area contributed by atoms with Gasteiger partial charge in [0.1, 0.15) is 5.60 Å². The number of esters is 2. The molecule has 4 aliphatic rings. The average molecular weight is 310 g/mol. The first-order valence-corrected chi connectivity index (χ1v) is 7.59. The van der Waals surface area contributed by atoms with Gasteiger partial charge in [-0.25, -0.2) is 4.79 Å². The topological polar surface area (TPSA) is 93.1 Å². The van der Waals surface area contributed by atoms with Gasteiger partial charge in [-0.3, -0.25) is 4.79 Å². The third kappa shape index (κ3) is 2.65. The molecule has 0 heterocycles. The van der Waals surface area contributed by atoms with Crippen molar-refractivity contribution in [2.24, 2.45) is 5.92 Å². The van der Waals surface area contributed by atoms with E-state index in [1.54, 1.807) is 0 Å². The highest BCUT2D eigenvalue weighted by Crippen LogP contribution is 2.60. The van der Waals surface area contributed by atoms with E-state index in [9.17, 15) is 19.8 Å². The summed E-state index contributed by atoms with van der Waals surface area (Å²) in [6, 6.07) is 0. The fourth-order valence-electron chi connectivity index (χ4n) is 5.03. The molecule has 0 radical (unpaired) electrons. The molecule has 0 aliphatic heterocycles. The van der Waals surface area contributed by atoms with Gasteiger partial charge in [0.25, 0.3) is 0 Å². The lowest BCUT2D eigenvalue weighted by atomic mass is 9.50. The summed E-state index contributed by atoms with van der Waals surface area (Å²) in [4.78, 5) is 23.4. The molecule has 4 saturated carbocycles. The van der Waals surface area contributed by atoms with Crippen LogP contribution < -0.4 is 0 Å². The van der Waals surface area contributed by atoms with Crippen LogP contribution in [0, 0.1) is 5.92 Å². The van der Waals surface area contributed by atoms with Crippen molar-refractivity contribution in [2.75, 3.05) is 7.11 Å². The van der Waals surface area contributed by atoms with Crippen LogP contribution in [0.3, 0.4) is 0 Å². The first-order valence-electron chi connectivity index (χ1n) is 7.59. The van der Waals surface area contributed by atoms with Crippen molar-refractivity contribution >= 4 is 11.9 Å². The summed E-state index contributed by atoms with van der Waals surface area (Å²) in [6.07, 6.45) is 2.80. The molecule has 4 aliphatic carbocycles. The molecule has 0 aromatic rings. The van der Waals surface area contributed by atoms with Crippen LogP contribution >= 0.6 is 0 Å². The van der Waals surface area contributed by atoms with Gasteiger partial charge in [-0.15, -0.1) is 0 Å². The second kappa shape index (κ2) is 4.80. The number of carbonyl (C=O) groups excluding carboxylic acids is 2. The lowest BCUT2D eigenvalue weighted by molar-refractivity contribution is -0.261. The minimum atomic E-state index is -0.951. The highest BCUT2D eigenvalue weighted by molar-refractivity contribution is 5.93. The standard InChI is InChI=1S/C16H22O6/c1-10(13(18)21-2)3-12(17)22-16-6-11-4-14(19,8-16)7-15(20,5-11)9-16/h11,19-20H,1,3-9H2,2H3. The molecule has 4 fully saturated rings. The zero-order valence-corrected chi connectivity index (χ0v) is 12.8. The molecule has 2 unspecified atom stereocenters. The fraction of sp³-hybridized carbons (Fsp3) is 0.750. The van der Waals surface area contributed by atoms with Crippen LogP contribution in [0.25, 0.3) is 0 Å². The van der Waals surface area contributed by atoms with Crippen LogP contribution in [0.2, 0.25) is 0 Å². The SMILES string of the molecule is C=C(CC(=O)OC12CC3CC(O)(CC(O)(C3)C1)C2)C(=O)OC. The summed E-state index contributed by atoms with van der Waals surface area (Å²) in [5, 5.41) is 21.2. The van der Waals surface area contributed by atoms with E-state index in [4.69, 9.17) is 4.74 Å². The Kier molecular flexibility index (Phi) is 3.38. The molecule has 22 heavy (non-hydrogen) atoms. The maximum absolute atomic E-state index is 12.1. The molecule has 6 nitrogen and oxygen atoms in total. The van der Waals surface area contributed by atoms with Crippen LogP contribution in [-0.4, -0.2) is 46.1 Å². The molecule has 0 aromatic heterocycles. The smallest absolute Gasteiger partial charge is 0.333 e. The molecule has 4 rings (SSSR count). The predicted octanol–water partition coefficient (Wildman–Crippen LogP) is 0.847. The minimum Gasteiger partial charge on any atom is -0.466 e. The van der Waals surface area contributed by atoms with Crippen LogP contribution in [0.15, 0.2) is 12.2 Å². The Morgan fingerprint density at radius 2 is 1.73 bits per heavy atom. The average Bonchev–Trinajstić information content (AvgIpc) is 2.31. The fourth-order valence-corrected chi connectivity index (χ4v) is 5.03. The number of ether oxygens (including phenoxy) is 2. The van der Waals surface area contributed by atoms with Gasteiger partial charge >= 0.3 is 11.9 Å². The van der Waals surface area contributed by atoms with Crippen LogP contribution in [-0.2, 0) is 19.1 Å². The summed E-state index contributed by atoms with van der Waals surface area (Å²) in [5.41, 5.74) is -2.69. The van der Waals surface area contributed by atoms with Gasteiger partial charge in [0.2, 0.25) is 0 Å². The van der Waals surface area contributed by atoms with E-state index >= 15 is 0 Å². The molecule has 0 aromatic carbocycles. The number of carbonyl (C=O) groups is 2. The Bertz CT molecular complexity index is 521. The van der Waals surface area contributed by atoms with E-state index in [1.807, 2.05) is 0 Å². The molecule has 2 atom stereocenters. The third-order valence-corrected chi connectivity index (χ3v) is 5.12. The van der Waals surface area contributed by atoms with E-state index in [2.05, 4.69) is 11.3 Å². The number of aliphatic hydroxyl groups is 2. The largest absolute Gasteiger partial charge is 0.466 e. The lowest BCUT2D eigenvalue weighted by Gasteiger charge is -2.62. The van der Waals surface area contributed by atoms with Crippen molar-refractivity contribution < 1.29 is 29.3 Å². The quantitative estimate of drug-likeness (QED) is 0.590. The first-order chi connectivity index (χ1) is 10.2. The van der Waals surface area contributed by atoms with E-state index in [0.717, 1.165) is 0 Å². The second-order valence-electron chi connectivity index (χ2n) is 7.39. The molecule has 0 saturated heterocycles. The summed E-state index contributed by atoms with van der Waals surface area (Å²) in [7, 11) is 1.23. The number of hydrogen-bond donors (Lipinski definition) is 2. The van der Waals surface area contributed by atoms with Gasteiger partial charge in [0.05, 0.1) is 24.7 Å².